The van der Waals surface area contributed by atoms with Gasteiger partial charge in [0.1, 0.15) is 5.01 Å². The second kappa shape index (κ2) is 6.58. The Balaban J connectivity index is 1.72. The Bertz CT molecular complexity index is 797. The average Bonchev–Trinajstić information content (AvgIpc) is 3.04. The number of aromatic nitrogens is 2. The molecule has 0 saturated carbocycles. The molecule has 1 N–H and O–H groups in total. The van der Waals surface area contributed by atoms with Crippen LogP contribution in [0.15, 0.2) is 54.6 Å². The van der Waals surface area contributed by atoms with Gasteiger partial charge < -0.3 is 4.90 Å². The summed E-state index contributed by atoms with van der Waals surface area (Å²) in [4.78, 5) is 14.2. The summed E-state index contributed by atoms with van der Waals surface area (Å²) in [5, 5.41) is 12.2. The van der Waals surface area contributed by atoms with Crippen LogP contribution in [0, 0.1) is 0 Å². The highest BCUT2D eigenvalue weighted by molar-refractivity contribution is 7.18. The molecule has 23 heavy (non-hydrogen) atoms. The molecule has 0 saturated heterocycles. The van der Waals surface area contributed by atoms with Crippen LogP contribution in [0.5, 0.6) is 0 Å². The van der Waals surface area contributed by atoms with Crippen molar-refractivity contribution in [1.82, 2.24) is 10.2 Å². The van der Waals surface area contributed by atoms with Crippen LogP contribution in [0.4, 0.5) is 10.8 Å². The highest BCUT2D eigenvalue weighted by Gasteiger charge is 2.11. The second-order valence-electron chi connectivity index (χ2n) is 5.17. The number of rotatable bonds is 4. The molecule has 0 fully saturated rings. The quantitative estimate of drug-likeness (QED) is 0.798. The number of hydrogen-bond acceptors (Lipinski definition) is 5. The van der Waals surface area contributed by atoms with Crippen LogP contribution in [-0.2, 0) is 0 Å². The van der Waals surface area contributed by atoms with Gasteiger partial charge in [0.15, 0.2) is 0 Å². The van der Waals surface area contributed by atoms with E-state index in [0.29, 0.717) is 10.7 Å². The van der Waals surface area contributed by atoms with Crippen LogP contribution in [0.2, 0.25) is 0 Å². The van der Waals surface area contributed by atoms with Crippen LogP contribution in [-0.4, -0.2) is 30.2 Å². The molecule has 116 valence electrons. The molecule has 1 amide bonds. The van der Waals surface area contributed by atoms with E-state index in [1.807, 2.05) is 61.5 Å². The van der Waals surface area contributed by atoms with Crippen LogP contribution < -0.4 is 10.2 Å². The van der Waals surface area contributed by atoms with Crippen molar-refractivity contribution in [2.45, 2.75) is 0 Å². The molecule has 3 rings (SSSR count). The smallest absolute Gasteiger partial charge is 0.257 e. The Morgan fingerprint density at radius 1 is 1.00 bits per heavy atom. The molecule has 1 aromatic heterocycles. The van der Waals surface area contributed by atoms with Gasteiger partial charge in [0.2, 0.25) is 5.13 Å². The third kappa shape index (κ3) is 3.54. The number of carbonyl (C=O) groups excluding carboxylic acids is 1. The van der Waals surface area contributed by atoms with Gasteiger partial charge in [0, 0.05) is 30.9 Å². The zero-order valence-electron chi connectivity index (χ0n) is 12.9. The molecular formula is C17H16N4OS. The minimum absolute atomic E-state index is 0.189. The summed E-state index contributed by atoms with van der Waals surface area (Å²) in [6.07, 6.45) is 0. The van der Waals surface area contributed by atoms with Crippen molar-refractivity contribution < 1.29 is 4.79 Å². The monoisotopic (exact) mass is 324 g/mol. The van der Waals surface area contributed by atoms with E-state index in [1.54, 1.807) is 12.1 Å². The molecule has 0 atom stereocenters. The van der Waals surface area contributed by atoms with Gasteiger partial charge in [0.05, 0.1) is 0 Å². The van der Waals surface area contributed by atoms with E-state index >= 15 is 0 Å². The summed E-state index contributed by atoms with van der Waals surface area (Å²) >= 11 is 1.35. The summed E-state index contributed by atoms with van der Waals surface area (Å²) in [5.74, 6) is -0.189. The zero-order valence-corrected chi connectivity index (χ0v) is 13.7. The molecule has 2 aromatic carbocycles. The van der Waals surface area contributed by atoms with E-state index in [0.717, 1.165) is 16.3 Å². The van der Waals surface area contributed by atoms with E-state index in [-0.39, 0.29) is 5.91 Å². The van der Waals surface area contributed by atoms with E-state index in [2.05, 4.69) is 15.5 Å². The molecule has 0 bridgehead atoms. The summed E-state index contributed by atoms with van der Waals surface area (Å²) in [5.41, 5.74) is 2.62. The first-order valence-electron chi connectivity index (χ1n) is 7.11. The Kier molecular flexibility index (Phi) is 4.34. The molecule has 0 aliphatic heterocycles. The molecule has 3 aromatic rings. The van der Waals surface area contributed by atoms with Gasteiger partial charge in [-0.05, 0) is 24.3 Å². The Hall–Kier alpha value is -2.73. The van der Waals surface area contributed by atoms with E-state index in [4.69, 9.17) is 0 Å². The molecule has 0 spiro atoms. The Morgan fingerprint density at radius 2 is 1.70 bits per heavy atom. The number of carbonyl (C=O) groups is 1. The van der Waals surface area contributed by atoms with Crippen molar-refractivity contribution in [2.75, 3.05) is 24.3 Å². The van der Waals surface area contributed by atoms with Gasteiger partial charge in [-0.3, -0.25) is 10.1 Å². The second-order valence-corrected chi connectivity index (χ2v) is 6.15. The van der Waals surface area contributed by atoms with E-state index in [1.165, 1.54) is 11.3 Å². The Morgan fingerprint density at radius 3 is 2.35 bits per heavy atom. The standard InChI is InChI=1S/C17H16N4OS/c1-21(2)14-10-8-12(9-11-14)15(22)18-17-20-19-16(23-17)13-6-4-3-5-7-13/h3-11H,1-2H3,(H,18,20,22). The van der Waals surface area contributed by atoms with Crippen LogP contribution in [0.3, 0.4) is 0 Å². The van der Waals surface area contributed by atoms with Crippen molar-refractivity contribution in [3.05, 3.63) is 60.2 Å². The average molecular weight is 324 g/mol. The van der Waals surface area contributed by atoms with Gasteiger partial charge >= 0.3 is 0 Å². The lowest BCUT2D eigenvalue weighted by molar-refractivity contribution is 0.102. The summed E-state index contributed by atoms with van der Waals surface area (Å²) < 4.78 is 0. The van der Waals surface area contributed by atoms with Crippen molar-refractivity contribution >= 4 is 28.1 Å². The maximum absolute atomic E-state index is 12.3. The van der Waals surface area contributed by atoms with Gasteiger partial charge in [-0.2, -0.15) is 0 Å². The molecular weight excluding hydrogens is 308 g/mol. The SMILES string of the molecule is CN(C)c1ccc(C(=O)Nc2nnc(-c3ccccc3)s2)cc1. The van der Waals surface area contributed by atoms with Gasteiger partial charge in [-0.1, -0.05) is 41.7 Å². The van der Waals surface area contributed by atoms with Crippen LogP contribution in [0.1, 0.15) is 10.4 Å². The number of amides is 1. The number of nitrogens with zero attached hydrogens (tertiary/aromatic N) is 3. The van der Waals surface area contributed by atoms with Crippen molar-refractivity contribution in [2.24, 2.45) is 0 Å². The number of benzene rings is 2. The van der Waals surface area contributed by atoms with Gasteiger partial charge in [-0.25, -0.2) is 0 Å². The summed E-state index contributed by atoms with van der Waals surface area (Å²) in [6.45, 7) is 0. The first kappa shape index (κ1) is 15.2. The van der Waals surface area contributed by atoms with Gasteiger partial charge in [0.25, 0.3) is 5.91 Å². The lowest BCUT2D eigenvalue weighted by Crippen LogP contribution is -2.13. The van der Waals surface area contributed by atoms with E-state index in [9.17, 15) is 4.79 Å². The Labute approximate surface area is 138 Å². The van der Waals surface area contributed by atoms with Gasteiger partial charge in [-0.15, -0.1) is 10.2 Å². The van der Waals surface area contributed by atoms with Crippen molar-refractivity contribution in [3.8, 4) is 10.6 Å². The fourth-order valence-electron chi connectivity index (χ4n) is 2.05. The fraction of sp³-hybridized carbons (Fsp3) is 0.118. The normalized spacial score (nSPS) is 10.3. The fourth-order valence-corrected chi connectivity index (χ4v) is 2.80. The first-order chi connectivity index (χ1) is 11.1. The highest BCUT2D eigenvalue weighted by atomic mass is 32.1. The topological polar surface area (TPSA) is 58.1 Å². The molecule has 6 heteroatoms. The predicted molar refractivity (Wildman–Crippen MR) is 94.1 cm³/mol. The largest absolute Gasteiger partial charge is 0.378 e. The van der Waals surface area contributed by atoms with Crippen LogP contribution >= 0.6 is 11.3 Å². The third-order valence-corrected chi connectivity index (χ3v) is 4.20. The maximum atomic E-state index is 12.3. The third-order valence-electron chi connectivity index (χ3n) is 3.31. The minimum Gasteiger partial charge on any atom is -0.378 e. The zero-order chi connectivity index (χ0) is 16.2. The van der Waals surface area contributed by atoms with Crippen molar-refractivity contribution in [3.63, 3.8) is 0 Å². The molecule has 0 radical (unpaired) electrons. The lowest BCUT2D eigenvalue weighted by Gasteiger charge is -2.12. The highest BCUT2D eigenvalue weighted by Crippen LogP contribution is 2.26. The summed E-state index contributed by atoms with van der Waals surface area (Å²) in [7, 11) is 3.92. The number of nitrogens with one attached hydrogen (secondary N) is 1. The van der Waals surface area contributed by atoms with Crippen LogP contribution in [0.25, 0.3) is 10.6 Å². The van der Waals surface area contributed by atoms with Crippen molar-refractivity contribution in [1.29, 1.82) is 0 Å². The molecule has 0 unspecified atom stereocenters. The number of anilines is 2. The maximum Gasteiger partial charge on any atom is 0.257 e. The van der Waals surface area contributed by atoms with E-state index < -0.39 is 0 Å². The predicted octanol–water partition coefficient (Wildman–Crippen LogP) is 3.52. The minimum atomic E-state index is -0.189. The first-order valence-corrected chi connectivity index (χ1v) is 7.93. The lowest BCUT2D eigenvalue weighted by atomic mass is 10.2. The molecule has 0 aliphatic carbocycles. The number of hydrogen-bond donors (Lipinski definition) is 1. The summed E-state index contributed by atoms with van der Waals surface area (Å²) in [6, 6.07) is 17.2. The molecule has 0 aliphatic rings. The molecule has 5 nitrogen and oxygen atoms in total. The molecule has 1 heterocycles.